The minimum atomic E-state index is -0.367. The van der Waals surface area contributed by atoms with Gasteiger partial charge in [-0.05, 0) is 61.2 Å². The third-order valence-electron chi connectivity index (χ3n) is 4.04. The molecule has 0 aliphatic heterocycles. The second-order valence-electron chi connectivity index (χ2n) is 6.29. The molecule has 0 bridgehead atoms. The molecule has 1 aliphatic carbocycles. The molecule has 2 aromatic carbocycles. The summed E-state index contributed by atoms with van der Waals surface area (Å²) >= 11 is 0. The monoisotopic (exact) mass is 356 g/mol. The molecule has 136 valence electrons. The molecule has 0 radical (unpaired) electrons. The number of amides is 2. The van der Waals surface area contributed by atoms with E-state index in [0.717, 1.165) is 18.4 Å². The molecular formula is C20H21FN2O3. The number of carbonyl (C=O) groups is 2. The van der Waals surface area contributed by atoms with Crippen LogP contribution < -0.4 is 15.4 Å². The van der Waals surface area contributed by atoms with E-state index in [4.69, 9.17) is 4.74 Å². The first kappa shape index (κ1) is 17.9. The average molecular weight is 356 g/mol. The summed E-state index contributed by atoms with van der Waals surface area (Å²) in [6.07, 6.45) is 2.77. The van der Waals surface area contributed by atoms with Crippen LogP contribution in [-0.2, 0) is 11.2 Å². The van der Waals surface area contributed by atoms with Gasteiger partial charge >= 0.3 is 0 Å². The summed E-state index contributed by atoms with van der Waals surface area (Å²) in [4.78, 5) is 23.5. The van der Waals surface area contributed by atoms with E-state index in [1.807, 2.05) is 24.3 Å². The van der Waals surface area contributed by atoms with Gasteiger partial charge in [-0.1, -0.05) is 12.1 Å². The molecule has 3 rings (SSSR count). The summed E-state index contributed by atoms with van der Waals surface area (Å²) in [5.41, 5.74) is 1.47. The standard InChI is InChI=1S/C20H21FN2O3/c21-16-5-3-15(4-6-16)20(25)22-12-11-14-1-9-18(10-2-14)26-13-19(24)23-17-7-8-17/h1-6,9-10,17H,7-8,11-13H2,(H,22,25)(H,23,24). The fraction of sp³-hybridized carbons (Fsp3) is 0.300. The highest BCUT2D eigenvalue weighted by atomic mass is 19.1. The van der Waals surface area contributed by atoms with Crippen LogP contribution in [0.4, 0.5) is 4.39 Å². The predicted molar refractivity (Wildman–Crippen MR) is 95.5 cm³/mol. The quantitative estimate of drug-likeness (QED) is 0.763. The van der Waals surface area contributed by atoms with E-state index in [2.05, 4.69) is 10.6 Å². The van der Waals surface area contributed by atoms with Crippen molar-refractivity contribution < 1.29 is 18.7 Å². The van der Waals surface area contributed by atoms with Crippen molar-refractivity contribution in [2.45, 2.75) is 25.3 Å². The molecular weight excluding hydrogens is 335 g/mol. The van der Waals surface area contributed by atoms with Crippen LogP contribution in [0.5, 0.6) is 5.75 Å². The van der Waals surface area contributed by atoms with Crippen LogP contribution in [-0.4, -0.2) is 31.0 Å². The van der Waals surface area contributed by atoms with Crippen LogP contribution in [0, 0.1) is 5.82 Å². The molecule has 0 saturated heterocycles. The molecule has 1 aliphatic rings. The maximum absolute atomic E-state index is 12.8. The maximum atomic E-state index is 12.8. The number of nitrogens with one attached hydrogen (secondary N) is 2. The molecule has 0 aromatic heterocycles. The Kier molecular flexibility index (Phi) is 5.84. The van der Waals surface area contributed by atoms with Crippen LogP contribution in [0.15, 0.2) is 48.5 Å². The lowest BCUT2D eigenvalue weighted by molar-refractivity contribution is -0.123. The lowest BCUT2D eigenvalue weighted by atomic mass is 10.1. The van der Waals surface area contributed by atoms with Gasteiger partial charge in [0.15, 0.2) is 6.61 Å². The highest BCUT2D eigenvalue weighted by Crippen LogP contribution is 2.18. The molecule has 1 fully saturated rings. The number of halogens is 1. The van der Waals surface area contributed by atoms with Crippen molar-refractivity contribution in [3.63, 3.8) is 0 Å². The largest absolute Gasteiger partial charge is 0.484 e. The smallest absolute Gasteiger partial charge is 0.258 e. The Balaban J connectivity index is 1.38. The Bertz CT molecular complexity index is 756. The first-order valence-electron chi connectivity index (χ1n) is 8.65. The summed E-state index contributed by atoms with van der Waals surface area (Å²) < 4.78 is 18.3. The molecule has 6 heteroatoms. The average Bonchev–Trinajstić information content (AvgIpc) is 3.45. The Labute approximate surface area is 151 Å². The van der Waals surface area contributed by atoms with Gasteiger partial charge in [-0.15, -0.1) is 0 Å². The Morgan fingerprint density at radius 3 is 2.38 bits per heavy atom. The van der Waals surface area contributed by atoms with Crippen molar-refractivity contribution in [3.05, 3.63) is 65.5 Å². The number of benzene rings is 2. The lowest BCUT2D eigenvalue weighted by Crippen LogP contribution is -2.30. The van der Waals surface area contributed by atoms with Gasteiger partial charge in [0.25, 0.3) is 11.8 Å². The minimum Gasteiger partial charge on any atom is -0.484 e. The second-order valence-corrected chi connectivity index (χ2v) is 6.29. The topological polar surface area (TPSA) is 67.4 Å². The van der Waals surface area contributed by atoms with Crippen LogP contribution >= 0.6 is 0 Å². The van der Waals surface area contributed by atoms with Crippen molar-refractivity contribution in [3.8, 4) is 5.75 Å². The van der Waals surface area contributed by atoms with E-state index >= 15 is 0 Å². The van der Waals surface area contributed by atoms with Gasteiger partial charge in [-0.2, -0.15) is 0 Å². The fourth-order valence-electron chi connectivity index (χ4n) is 2.42. The zero-order valence-electron chi connectivity index (χ0n) is 14.3. The zero-order valence-corrected chi connectivity index (χ0v) is 14.3. The van der Waals surface area contributed by atoms with Gasteiger partial charge in [0.1, 0.15) is 11.6 Å². The molecule has 1 saturated carbocycles. The molecule has 2 amide bonds. The minimum absolute atomic E-state index is 0.0174. The van der Waals surface area contributed by atoms with E-state index in [1.54, 1.807) is 0 Å². The molecule has 0 unspecified atom stereocenters. The van der Waals surface area contributed by atoms with Crippen LogP contribution in [0.1, 0.15) is 28.8 Å². The number of ether oxygens (including phenoxy) is 1. The van der Waals surface area contributed by atoms with E-state index in [0.29, 0.717) is 30.3 Å². The molecule has 26 heavy (non-hydrogen) atoms. The normalized spacial score (nSPS) is 13.1. The number of hydrogen-bond acceptors (Lipinski definition) is 3. The Hall–Kier alpha value is -2.89. The molecule has 0 heterocycles. The van der Waals surface area contributed by atoms with Crippen molar-refractivity contribution in [2.75, 3.05) is 13.2 Å². The van der Waals surface area contributed by atoms with Crippen molar-refractivity contribution in [2.24, 2.45) is 0 Å². The van der Waals surface area contributed by atoms with Crippen molar-refractivity contribution in [1.82, 2.24) is 10.6 Å². The zero-order chi connectivity index (χ0) is 18.4. The number of rotatable bonds is 8. The SMILES string of the molecule is O=C(COc1ccc(CCNC(=O)c2ccc(F)cc2)cc1)NC1CC1. The fourth-order valence-corrected chi connectivity index (χ4v) is 2.42. The Morgan fingerprint density at radius 1 is 1.04 bits per heavy atom. The van der Waals surface area contributed by atoms with Gasteiger partial charge in [0.05, 0.1) is 0 Å². The molecule has 0 atom stereocenters. The van der Waals surface area contributed by atoms with Crippen molar-refractivity contribution in [1.29, 1.82) is 0 Å². The summed E-state index contributed by atoms with van der Waals surface area (Å²) in [5.74, 6) is -0.0596. The third-order valence-corrected chi connectivity index (χ3v) is 4.04. The number of carbonyl (C=O) groups excluding carboxylic acids is 2. The van der Waals surface area contributed by atoms with Crippen molar-refractivity contribution >= 4 is 11.8 Å². The van der Waals surface area contributed by atoms with Crippen LogP contribution in [0.2, 0.25) is 0 Å². The summed E-state index contributed by atoms with van der Waals surface area (Å²) in [6.45, 7) is 0.490. The maximum Gasteiger partial charge on any atom is 0.258 e. The molecule has 2 N–H and O–H groups in total. The van der Waals surface area contributed by atoms with Gasteiger partial charge in [0, 0.05) is 18.2 Å². The molecule has 5 nitrogen and oxygen atoms in total. The molecule has 0 spiro atoms. The van der Waals surface area contributed by atoms with Gasteiger partial charge in [-0.25, -0.2) is 4.39 Å². The first-order chi connectivity index (χ1) is 12.6. The van der Waals surface area contributed by atoms with E-state index < -0.39 is 0 Å². The second kappa shape index (κ2) is 8.47. The summed E-state index contributed by atoms with van der Waals surface area (Å²) in [6, 6.07) is 13.2. The first-order valence-corrected chi connectivity index (χ1v) is 8.65. The van der Waals surface area contributed by atoms with Gasteiger partial charge < -0.3 is 15.4 Å². The summed E-state index contributed by atoms with van der Waals surface area (Å²) in [7, 11) is 0. The third kappa shape index (κ3) is 5.58. The van der Waals surface area contributed by atoms with E-state index in [9.17, 15) is 14.0 Å². The predicted octanol–water partition coefficient (Wildman–Crippen LogP) is 2.46. The van der Waals surface area contributed by atoms with E-state index in [1.165, 1.54) is 24.3 Å². The van der Waals surface area contributed by atoms with Crippen LogP contribution in [0.3, 0.4) is 0 Å². The number of hydrogen-bond donors (Lipinski definition) is 2. The highest BCUT2D eigenvalue weighted by Gasteiger charge is 2.23. The highest BCUT2D eigenvalue weighted by molar-refractivity contribution is 5.94. The van der Waals surface area contributed by atoms with Gasteiger partial charge in [0.2, 0.25) is 0 Å². The van der Waals surface area contributed by atoms with E-state index in [-0.39, 0.29) is 24.2 Å². The lowest BCUT2D eigenvalue weighted by Gasteiger charge is -2.08. The van der Waals surface area contributed by atoms with Crippen LogP contribution in [0.25, 0.3) is 0 Å². The molecule has 2 aromatic rings. The summed E-state index contributed by atoms with van der Waals surface area (Å²) in [5, 5.41) is 5.67. The Morgan fingerprint density at radius 2 is 1.73 bits per heavy atom. The van der Waals surface area contributed by atoms with Gasteiger partial charge in [-0.3, -0.25) is 9.59 Å².